The first-order chi connectivity index (χ1) is 13.5. The van der Waals surface area contributed by atoms with Crippen LogP contribution in [-0.4, -0.2) is 17.9 Å². The average molecular weight is 399 g/mol. The van der Waals surface area contributed by atoms with E-state index in [9.17, 15) is 9.36 Å². The topological polar surface area (TPSA) is 84.0 Å². The molecular weight excluding hydrogens is 381 g/mol. The first kappa shape index (κ1) is 19.5. The Hall–Kier alpha value is -3.31. The highest BCUT2D eigenvalue weighted by atomic mass is 31.2. The van der Waals surface area contributed by atoms with Crippen molar-refractivity contribution >= 4 is 13.6 Å². The SMILES string of the molecule is COc1ccnc(C(C)=O)c1OP(=O)(Oc1ccccc1)Oc1ccccc1. The van der Waals surface area contributed by atoms with E-state index in [1.165, 1.54) is 26.3 Å². The number of Topliss-reactive ketones (excluding diaryl/α,β-unsaturated/α-hetero) is 1. The van der Waals surface area contributed by atoms with E-state index in [-0.39, 0.29) is 34.5 Å². The predicted octanol–water partition coefficient (Wildman–Crippen LogP) is 4.94. The smallest absolute Gasteiger partial charge is 0.493 e. The van der Waals surface area contributed by atoms with Crippen LogP contribution in [0.5, 0.6) is 23.0 Å². The molecule has 0 amide bonds. The molecule has 3 aromatic rings. The number of methoxy groups -OCH3 is 1. The molecule has 2 aromatic carbocycles. The number of rotatable bonds is 8. The van der Waals surface area contributed by atoms with Gasteiger partial charge in [0, 0.05) is 19.2 Å². The monoisotopic (exact) mass is 399 g/mol. The number of pyridine rings is 1. The van der Waals surface area contributed by atoms with Gasteiger partial charge >= 0.3 is 7.82 Å². The summed E-state index contributed by atoms with van der Waals surface area (Å²) in [6.45, 7) is 1.32. The number of phosphoric ester groups is 1. The van der Waals surface area contributed by atoms with Gasteiger partial charge in [-0.2, -0.15) is 4.57 Å². The quantitative estimate of drug-likeness (QED) is 0.392. The number of hydrogen-bond donors (Lipinski definition) is 0. The van der Waals surface area contributed by atoms with E-state index in [0.717, 1.165) is 0 Å². The standard InChI is InChI=1S/C20H18NO6P/c1-15(22)19-20(18(24-2)13-14-21-19)27-28(23,25-16-9-5-3-6-10-16)26-17-11-7-4-8-12-17/h3-14H,1-2H3. The Labute approximate surface area is 162 Å². The summed E-state index contributed by atoms with van der Waals surface area (Å²) in [6, 6.07) is 18.4. The fourth-order valence-corrected chi connectivity index (χ4v) is 3.59. The highest BCUT2D eigenvalue weighted by molar-refractivity contribution is 7.49. The van der Waals surface area contributed by atoms with Gasteiger partial charge in [-0.25, -0.2) is 4.98 Å². The van der Waals surface area contributed by atoms with Gasteiger partial charge in [-0.05, 0) is 24.3 Å². The lowest BCUT2D eigenvalue weighted by Gasteiger charge is -2.21. The second kappa shape index (κ2) is 8.59. The summed E-state index contributed by atoms with van der Waals surface area (Å²) >= 11 is 0. The molecule has 0 N–H and O–H groups in total. The third-order valence-corrected chi connectivity index (χ3v) is 4.82. The van der Waals surface area contributed by atoms with Crippen LogP contribution in [0.3, 0.4) is 0 Å². The molecule has 3 rings (SSSR count). The fourth-order valence-electron chi connectivity index (χ4n) is 2.32. The van der Waals surface area contributed by atoms with Crippen molar-refractivity contribution < 1.29 is 27.7 Å². The summed E-state index contributed by atoms with van der Waals surface area (Å²) < 4.78 is 35.5. The molecule has 7 nitrogen and oxygen atoms in total. The second-order valence-corrected chi connectivity index (χ2v) is 7.04. The van der Waals surface area contributed by atoms with E-state index in [4.69, 9.17) is 18.3 Å². The van der Waals surface area contributed by atoms with Crippen LogP contribution in [-0.2, 0) is 4.57 Å². The first-order valence-corrected chi connectivity index (χ1v) is 9.79. The largest absolute Gasteiger partial charge is 0.647 e. The van der Waals surface area contributed by atoms with Gasteiger partial charge in [0.1, 0.15) is 11.5 Å². The van der Waals surface area contributed by atoms with E-state index < -0.39 is 7.82 Å². The van der Waals surface area contributed by atoms with Gasteiger partial charge in [-0.3, -0.25) is 4.79 Å². The van der Waals surface area contributed by atoms with Crippen LogP contribution in [0.15, 0.2) is 72.9 Å². The molecule has 0 aliphatic heterocycles. The highest BCUT2D eigenvalue weighted by Crippen LogP contribution is 2.52. The second-order valence-electron chi connectivity index (χ2n) is 5.59. The number of benzene rings is 2. The summed E-state index contributed by atoms with van der Waals surface area (Å²) in [6.07, 6.45) is 1.39. The minimum atomic E-state index is -4.26. The highest BCUT2D eigenvalue weighted by Gasteiger charge is 2.36. The van der Waals surface area contributed by atoms with Crippen molar-refractivity contribution in [3.63, 3.8) is 0 Å². The van der Waals surface area contributed by atoms with Crippen LogP contribution in [0.4, 0.5) is 0 Å². The molecule has 0 aliphatic rings. The Morgan fingerprint density at radius 2 is 1.39 bits per heavy atom. The molecule has 0 saturated carbocycles. The number of ether oxygens (including phenoxy) is 1. The van der Waals surface area contributed by atoms with Gasteiger partial charge in [-0.15, -0.1) is 0 Å². The molecular formula is C20H18NO6P. The van der Waals surface area contributed by atoms with Crippen molar-refractivity contribution in [2.45, 2.75) is 6.92 Å². The molecule has 0 saturated heterocycles. The van der Waals surface area contributed by atoms with Crippen molar-refractivity contribution in [2.75, 3.05) is 7.11 Å². The molecule has 0 fully saturated rings. The van der Waals surface area contributed by atoms with Crippen molar-refractivity contribution in [2.24, 2.45) is 0 Å². The lowest BCUT2D eigenvalue weighted by atomic mass is 10.2. The van der Waals surface area contributed by atoms with Gasteiger partial charge in [0.25, 0.3) is 0 Å². The van der Waals surface area contributed by atoms with Crippen LogP contribution in [0, 0.1) is 0 Å². The van der Waals surface area contributed by atoms with Crippen LogP contribution in [0.25, 0.3) is 0 Å². The molecule has 0 radical (unpaired) electrons. The van der Waals surface area contributed by atoms with E-state index in [2.05, 4.69) is 4.98 Å². The van der Waals surface area contributed by atoms with Crippen LogP contribution in [0.1, 0.15) is 17.4 Å². The van der Waals surface area contributed by atoms with Crippen molar-refractivity contribution in [3.05, 3.63) is 78.6 Å². The molecule has 0 spiro atoms. The number of carbonyl (C=O) groups is 1. The molecule has 28 heavy (non-hydrogen) atoms. The summed E-state index contributed by atoms with van der Waals surface area (Å²) in [5.41, 5.74) is -0.0482. The Balaban J connectivity index is 2.03. The van der Waals surface area contributed by atoms with E-state index >= 15 is 0 Å². The number of ketones is 1. The summed E-state index contributed by atoms with van der Waals surface area (Å²) in [4.78, 5) is 16.0. The molecule has 0 bridgehead atoms. The number of nitrogens with zero attached hydrogens (tertiary/aromatic N) is 1. The number of phosphoric acid groups is 1. The number of hydrogen-bond acceptors (Lipinski definition) is 7. The number of carbonyl (C=O) groups excluding carboxylic acids is 1. The summed E-state index contributed by atoms with van der Waals surface area (Å²) in [5.74, 6) is 0.212. The maximum atomic E-state index is 13.5. The Morgan fingerprint density at radius 1 is 0.857 bits per heavy atom. The zero-order valence-electron chi connectivity index (χ0n) is 15.3. The molecule has 0 unspecified atom stereocenters. The van der Waals surface area contributed by atoms with Crippen molar-refractivity contribution in [3.8, 4) is 23.0 Å². The summed E-state index contributed by atoms with van der Waals surface area (Å²) in [7, 11) is -2.87. The zero-order valence-corrected chi connectivity index (χ0v) is 16.2. The van der Waals surface area contributed by atoms with Crippen LogP contribution >= 0.6 is 7.82 Å². The van der Waals surface area contributed by atoms with E-state index in [1.807, 2.05) is 0 Å². The third-order valence-electron chi connectivity index (χ3n) is 3.55. The normalized spacial score (nSPS) is 10.8. The van der Waals surface area contributed by atoms with Gasteiger partial charge in [0.2, 0.25) is 5.75 Å². The van der Waals surface area contributed by atoms with Gasteiger partial charge in [-0.1, -0.05) is 36.4 Å². The molecule has 1 heterocycles. The van der Waals surface area contributed by atoms with Crippen LogP contribution < -0.4 is 18.3 Å². The molecule has 144 valence electrons. The zero-order chi connectivity index (χ0) is 20.0. The first-order valence-electron chi connectivity index (χ1n) is 8.33. The average Bonchev–Trinajstić information content (AvgIpc) is 2.69. The molecule has 8 heteroatoms. The predicted molar refractivity (Wildman–Crippen MR) is 103 cm³/mol. The van der Waals surface area contributed by atoms with Gasteiger partial charge in [0.15, 0.2) is 17.2 Å². The van der Waals surface area contributed by atoms with Crippen molar-refractivity contribution in [1.82, 2.24) is 4.98 Å². The Bertz CT molecular complexity index is 949. The maximum Gasteiger partial charge on any atom is 0.647 e. The molecule has 0 aliphatic carbocycles. The fraction of sp³-hybridized carbons (Fsp3) is 0.100. The lowest BCUT2D eigenvalue weighted by molar-refractivity contribution is 0.101. The van der Waals surface area contributed by atoms with Gasteiger partial charge < -0.3 is 18.3 Å². The van der Waals surface area contributed by atoms with Crippen LogP contribution in [0.2, 0.25) is 0 Å². The Morgan fingerprint density at radius 3 is 1.86 bits per heavy atom. The lowest BCUT2D eigenvalue weighted by Crippen LogP contribution is -2.11. The summed E-state index contributed by atoms with van der Waals surface area (Å²) in [5, 5.41) is 0. The minimum Gasteiger partial charge on any atom is -0.493 e. The van der Waals surface area contributed by atoms with E-state index in [0.29, 0.717) is 0 Å². The number of aromatic nitrogens is 1. The van der Waals surface area contributed by atoms with Gasteiger partial charge in [0.05, 0.1) is 7.11 Å². The third kappa shape index (κ3) is 4.69. The minimum absolute atomic E-state index is 0.0482. The molecule has 0 atom stereocenters. The maximum absolute atomic E-state index is 13.5. The van der Waals surface area contributed by atoms with Crippen molar-refractivity contribution in [1.29, 1.82) is 0 Å². The molecule has 1 aromatic heterocycles. The van der Waals surface area contributed by atoms with E-state index in [1.54, 1.807) is 60.7 Å². The number of para-hydroxylation sites is 2. The Kier molecular flexibility index (Phi) is 5.96.